The molecule has 0 aliphatic rings. The molecule has 5 heteroatoms. The molecule has 0 radical (unpaired) electrons. The lowest BCUT2D eigenvalue weighted by Gasteiger charge is -1.97. The monoisotopic (exact) mass is 184 g/mol. The second kappa shape index (κ2) is 4.98. The quantitative estimate of drug-likeness (QED) is 0.388. The number of unbranched alkanes of at least 4 members (excludes halogenated alkanes) is 1. The second-order valence-electron chi connectivity index (χ2n) is 1.96. The van der Waals surface area contributed by atoms with Gasteiger partial charge in [-0.25, -0.2) is 0 Å². The van der Waals surface area contributed by atoms with Crippen molar-refractivity contribution in [1.29, 1.82) is 0 Å². The van der Waals surface area contributed by atoms with E-state index in [9.17, 15) is 8.42 Å². The number of hydrogen-bond donors (Lipinski definition) is 1. The van der Waals surface area contributed by atoms with Gasteiger partial charge in [-0.15, -0.1) is 0 Å². The first kappa shape index (κ1) is 10.3. The first-order valence-electron chi connectivity index (χ1n) is 3.01. The van der Waals surface area contributed by atoms with Crippen molar-refractivity contribution in [3.05, 3.63) is 0 Å². The Bertz CT molecular complexity index is 162. The molecular weight excluding hydrogens is 172 g/mol. The minimum absolute atomic E-state index is 0.277. The van der Waals surface area contributed by atoms with Crippen LogP contribution in [0, 0.1) is 0 Å². The molecule has 0 spiro atoms. The van der Waals surface area contributed by atoms with Gasteiger partial charge >= 0.3 is 0 Å². The molecule has 0 aliphatic carbocycles. The van der Waals surface area contributed by atoms with E-state index in [0.717, 1.165) is 24.9 Å². The standard InChI is InChI=1S/C5H12O3S2/c1-10(6,7)8-4-2-3-5-9/h9H,2-5H2,1H3. The third-order valence-corrected chi connectivity index (χ3v) is 1.76. The first-order chi connectivity index (χ1) is 4.56. The van der Waals surface area contributed by atoms with Gasteiger partial charge < -0.3 is 0 Å². The summed E-state index contributed by atoms with van der Waals surface area (Å²) in [5.41, 5.74) is 0. The molecule has 10 heavy (non-hydrogen) atoms. The van der Waals surface area contributed by atoms with Crippen molar-refractivity contribution in [3.8, 4) is 0 Å². The van der Waals surface area contributed by atoms with Gasteiger partial charge in [-0.05, 0) is 18.6 Å². The highest BCUT2D eigenvalue weighted by atomic mass is 32.2. The van der Waals surface area contributed by atoms with Crippen LogP contribution >= 0.6 is 12.6 Å². The predicted octanol–water partition coefficient (Wildman–Crippen LogP) is 0.673. The van der Waals surface area contributed by atoms with Crippen LogP contribution in [0.2, 0.25) is 0 Å². The SMILES string of the molecule is CS(=O)(=O)OCCCCS. The summed E-state index contributed by atoms with van der Waals surface area (Å²) in [6.07, 6.45) is 2.68. The van der Waals surface area contributed by atoms with Gasteiger partial charge in [-0.2, -0.15) is 21.0 Å². The van der Waals surface area contributed by atoms with E-state index in [-0.39, 0.29) is 6.61 Å². The van der Waals surface area contributed by atoms with Crippen LogP contribution in [0.5, 0.6) is 0 Å². The Balaban J connectivity index is 3.21. The summed E-state index contributed by atoms with van der Waals surface area (Å²) >= 11 is 3.96. The fourth-order valence-electron chi connectivity index (χ4n) is 0.424. The summed E-state index contributed by atoms with van der Waals surface area (Å²) in [6.45, 7) is 0.277. The molecule has 0 rings (SSSR count). The van der Waals surface area contributed by atoms with Crippen LogP contribution in [0.3, 0.4) is 0 Å². The van der Waals surface area contributed by atoms with Crippen LogP contribution in [0.15, 0.2) is 0 Å². The van der Waals surface area contributed by atoms with Crippen molar-refractivity contribution in [2.75, 3.05) is 18.6 Å². The summed E-state index contributed by atoms with van der Waals surface area (Å²) < 4.78 is 25.2. The molecule has 0 aromatic carbocycles. The highest BCUT2D eigenvalue weighted by Crippen LogP contribution is 1.94. The maximum Gasteiger partial charge on any atom is 0.264 e. The van der Waals surface area contributed by atoms with Gasteiger partial charge in [0.25, 0.3) is 10.1 Å². The fourth-order valence-corrected chi connectivity index (χ4v) is 1.07. The van der Waals surface area contributed by atoms with Crippen molar-refractivity contribution >= 4 is 22.7 Å². The highest BCUT2D eigenvalue weighted by Gasteiger charge is 1.98. The van der Waals surface area contributed by atoms with Gasteiger partial charge in [0.15, 0.2) is 0 Å². The van der Waals surface area contributed by atoms with Gasteiger partial charge in [0.05, 0.1) is 12.9 Å². The second-order valence-corrected chi connectivity index (χ2v) is 4.05. The minimum Gasteiger partial charge on any atom is -0.270 e. The third-order valence-electron chi connectivity index (χ3n) is 0.850. The summed E-state index contributed by atoms with van der Waals surface area (Å²) in [4.78, 5) is 0. The summed E-state index contributed by atoms with van der Waals surface area (Å²) in [7, 11) is -3.23. The molecule has 0 atom stereocenters. The predicted molar refractivity (Wildman–Crippen MR) is 43.9 cm³/mol. The molecule has 0 saturated carbocycles. The summed E-state index contributed by atoms with van der Waals surface area (Å²) in [5, 5.41) is 0. The molecule has 0 saturated heterocycles. The summed E-state index contributed by atoms with van der Waals surface area (Å²) in [6, 6.07) is 0. The molecular formula is C5H12O3S2. The maximum absolute atomic E-state index is 10.4. The lowest BCUT2D eigenvalue weighted by Crippen LogP contribution is -2.03. The molecule has 0 aromatic rings. The highest BCUT2D eigenvalue weighted by molar-refractivity contribution is 7.85. The molecule has 3 nitrogen and oxygen atoms in total. The molecule has 0 amide bonds. The van der Waals surface area contributed by atoms with Crippen LogP contribution in [-0.4, -0.2) is 27.0 Å². The number of rotatable bonds is 5. The van der Waals surface area contributed by atoms with Crippen molar-refractivity contribution in [2.24, 2.45) is 0 Å². The largest absolute Gasteiger partial charge is 0.270 e. The van der Waals surface area contributed by atoms with E-state index in [4.69, 9.17) is 0 Å². The number of thiol groups is 1. The average Bonchev–Trinajstić information content (AvgIpc) is 1.78. The molecule has 0 fully saturated rings. The Morgan fingerprint density at radius 1 is 1.40 bits per heavy atom. The van der Waals surface area contributed by atoms with E-state index in [2.05, 4.69) is 16.8 Å². The van der Waals surface area contributed by atoms with Crippen molar-refractivity contribution in [1.82, 2.24) is 0 Å². The molecule has 0 unspecified atom stereocenters. The molecule has 0 aliphatic heterocycles. The van der Waals surface area contributed by atoms with Crippen LogP contribution in [0.4, 0.5) is 0 Å². The Hall–Kier alpha value is 0.260. The van der Waals surface area contributed by atoms with Gasteiger partial charge in [0.2, 0.25) is 0 Å². The van der Waals surface area contributed by atoms with Crippen LogP contribution < -0.4 is 0 Å². The van der Waals surface area contributed by atoms with E-state index in [1.54, 1.807) is 0 Å². The molecule has 0 heterocycles. The number of hydrogen-bond acceptors (Lipinski definition) is 4. The molecule has 0 bridgehead atoms. The van der Waals surface area contributed by atoms with Crippen molar-refractivity contribution in [2.45, 2.75) is 12.8 Å². The van der Waals surface area contributed by atoms with E-state index in [1.807, 2.05) is 0 Å². The topological polar surface area (TPSA) is 43.4 Å². The van der Waals surface area contributed by atoms with Gasteiger partial charge in [0, 0.05) is 0 Å². The Labute approximate surface area is 67.3 Å². The smallest absolute Gasteiger partial charge is 0.264 e. The van der Waals surface area contributed by atoms with E-state index >= 15 is 0 Å². The van der Waals surface area contributed by atoms with Crippen LogP contribution in [0.25, 0.3) is 0 Å². The van der Waals surface area contributed by atoms with Gasteiger partial charge in [0.1, 0.15) is 0 Å². The zero-order chi connectivity index (χ0) is 8.04. The lowest BCUT2D eigenvalue weighted by molar-refractivity contribution is 0.315. The van der Waals surface area contributed by atoms with Gasteiger partial charge in [-0.3, -0.25) is 4.18 Å². The minimum atomic E-state index is -3.23. The fraction of sp³-hybridized carbons (Fsp3) is 1.00. The zero-order valence-electron chi connectivity index (χ0n) is 5.91. The van der Waals surface area contributed by atoms with E-state index in [0.29, 0.717) is 0 Å². The van der Waals surface area contributed by atoms with Crippen molar-refractivity contribution in [3.63, 3.8) is 0 Å². The Morgan fingerprint density at radius 2 is 2.00 bits per heavy atom. The molecule has 0 N–H and O–H groups in total. The maximum atomic E-state index is 10.4. The average molecular weight is 184 g/mol. The van der Waals surface area contributed by atoms with E-state index < -0.39 is 10.1 Å². The lowest BCUT2D eigenvalue weighted by atomic mass is 10.4. The van der Waals surface area contributed by atoms with Crippen LogP contribution in [-0.2, 0) is 14.3 Å². The van der Waals surface area contributed by atoms with E-state index in [1.165, 1.54) is 0 Å². The first-order valence-corrected chi connectivity index (χ1v) is 5.46. The Kier molecular flexibility index (Phi) is 5.11. The normalized spacial score (nSPS) is 11.8. The third kappa shape index (κ3) is 8.26. The molecule has 0 aromatic heterocycles. The summed E-state index contributed by atoms with van der Waals surface area (Å²) in [5.74, 6) is 0.771. The zero-order valence-corrected chi connectivity index (χ0v) is 7.62. The molecule has 62 valence electrons. The van der Waals surface area contributed by atoms with Crippen molar-refractivity contribution < 1.29 is 12.6 Å². The van der Waals surface area contributed by atoms with Gasteiger partial charge in [-0.1, -0.05) is 0 Å². The van der Waals surface area contributed by atoms with Crippen LogP contribution in [0.1, 0.15) is 12.8 Å². The Morgan fingerprint density at radius 3 is 2.40 bits per heavy atom.